The second-order valence-electron chi connectivity index (χ2n) is 7.94. The Morgan fingerprint density at radius 2 is 1.48 bits per heavy atom. The van der Waals surface area contributed by atoms with Crippen LogP contribution in [0.4, 0.5) is 0 Å². The van der Waals surface area contributed by atoms with Crippen molar-refractivity contribution < 1.29 is 0 Å². The topological polar surface area (TPSA) is 4.93 Å². The molecule has 0 amide bonds. The molecule has 0 spiro atoms. The minimum Gasteiger partial charge on any atom is -0.344 e. The highest BCUT2D eigenvalue weighted by Gasteiger charge is 2.22. The molecule has 0 aliphatic carbocycles. The average Bonchev–Trinajstić information content (AvgIpc) is 3.10. The molecule has 0 saturated carbocycles. The highest BCUT2D eigenvalue weighted by molar-refractivity contribution is 7.26. The first-order valence-electron chi connectivity index (χ1n) is 8.78. The third-order valence-electron chi connectivity index (χ3n) is 5.35. The number of fused-ring (bicyclic) bond motifs is 7. The molecule has 25 heavy (non-hydrogen) atoms. The van der Waals surface area contributed by atoms with E-state index < -0.39 is 0 Å². The van der Waals surface area contributed by atoms with Gasteiger partial charge in [-0.2, -0.15) is 0 Å². The zero-order chi connectivity index (χ0) is 17.3. The van der Waals surface area contributed by atoms with Gasteiger partial charge in [0.15, 0.2) is 0 Å². The molecule has 0 unspecified atom stereocenters. The number of benzene rings is 3. The summed E-state index contributed by atoms with van der Waals surface area (Å²) in [7, 11) is 2.18. The summed E-state index contributed by atoms with van der Waals surface area (Å²) in [6, 6.07) is 20.1. The minimum atomic E-state index is 0.125. The number of thiophene rings is 1. The molecule has 124 valence electrons. The predicted molar refractivity (Wildman–Crippen MR) is 112 cm³/mol. The van der Waals surface area contributed by atoms with Gasteiger partial charge < -0.3 is 4.57 Å². The Labute approximate surface area is 151 Å². The summed E-state index contributed by atoms with van der Waals surface area (Å²) in [6.07, 6.45) is 0. The van der Waals surface area contributed by atoms with E-state index in [0.717, 1.165) is 0 Å². The Morgan fingerprint density at radius 1 is 0.720 bits per heavy atom. The number of rotatable bonds is 0. The van der Waals surface area contributed by atoms with Gasteiger partial charge in [-0.15, -0.1) is 11.3 Å². The lowest BCUT2D eigenvalue weighted by Crippen LogP contribution is -2.11. The SMILES string of the molecule is Cn1c2ccccc2c2c3c(ccc21)sc1cccc(C(C)(C)C)c13. The summed E-state index contributed by atoms with van der Waals surface area (Å²) in [5.41, 5.74) is 4.19. The zero-order valence-electron chi connectivity index (χ0n) is 15.1. The van der Waals surface area contributed by atoms with Gasteiger partial charge in [0.05, 0.1) is 0 Å². The van der Waals surface area contributed by atoms with Gasteiger partial charge >= 0.3 is 0 Å². The number of aryl methyl sites for hydroxylation is 1. The van der Waals surface area contributed by atoms with Crippen LogP contribution in [0.2, 0.25) is 0 Å². The van der Waals surface area contributed by atoms with Crippen molar-refractivity contribution in [3.05, 3.63) is 60.2 Å². The van der Waals surface area contributed by atoms with Gasteiger partial charge in [0.2, 0.25) is 0 Å². The van der Waals surface area contributed by atoms with Crippen molar-refractivity contribution in [3.63, 3.8) is 0 Å². The number of nitrogens with zero attached hydrogens (tertiary/aromatic N) is 1. The molecule has 0 aliphatic heterocycles. The summed E-state index contributed by atoms with van der Waals surface area (Å²) < 4.78 is 5.10. The van der Waals surface area contributed by atoms with E-state index in [-0.39, 0.29) is 5.41 Å². The first-order valence-corrected chi connectivity index (χ1v) is 9.60. The number of hydrogen-bond donors (Lipinski definition) is 0. The Morgan fingerprint density at radius 3 is 2.28 bits per heavy atom. The first-order chi connectivity index (χ1) is 12.0. The van der Waals surface area contributed by atoms with Crippen LogP contribution in [0.15, 0.2) is 54.6 Å². The van der Waals surface area contributed by atoms with Crippen LogP contribution in [0.25, 0.3) is 42.0 Å². The largest absolute Gasteiger partial charge is 0.344 e. The van der Waals surface area contributed by atoms with Crippen LogP contribution in [-0.2, 0) is 12.5 Å². The van der Waals surface area contributed by atoms with Gasteiger partial charge in [-0.05, 0) is 35.2 Å². The van der Waals surface area contributed by atoms with Crippen LogP contribution in [0.1, 0.15) is 26.3 Å². The quantitative estimate of drug-likeness (QED) is 0.285. The van der Waals surface area contributed by atoms with E-state index >= 15 is 0 Å². The Kier molecular flexibility index (Phi) is 2.91. The predicted octanol–water partition coefficient (Wildman–Crippen LogP) is 7.00. The van der Waals surface area contributed by atoms with E-state index in [1.54, 1.807) is 0 Å². The second-order valence-corrected chi connectivity index (χ2v) is 9.02. The minimum absolute atomic E-state index is 0.125. The van der Waals surface area contributed by atoms with Gasteiger partial charge in [-0.1, -0.05) is 51.1 Å². The molecule has 2 aromatic heterocycles. The van der Waals surface area contributed by atoms with E-state index in [1.807, 2.05) is 11.3 Å². The van der Waals surface area contributed by atoms with E-state index in [9.17, 15) is 0 Å². The molecule has 0 atom stereocenters. The summed E-state index contributed by atoms with van der Waals surface area (Å²) >= 11 is 1.92. The zero-order valence-corrected chi connectivity index (χ0v) is 15.9. The van der Waals surface area contributed by atoms with Crippen molar-refractivity contribution in [1.82, 2.24) is 4.57 Å². The molecule has 2 heterocycles. The number of para-hydroxylation sites is 1. The Bertz CT molecular complexity index is 1280. The summed E-state index contributed by atoms with van der Waals surface area (Å²) in [4.78, 5) is 0. The van der Waals surface area contributed by atoms with Gasteiger partial charge in [-0.25, -0.2) is 0 Å². The molecule has 0 aliphatic rings. The average molecular weight is 343 g/mol. The number of hydrogen-bond acceptors (Lipinski definition) is 1. The summed E-state index contributed by atoms with van der Waals surface area (Å²) in [5.74, 6) is 0. The van der Waals surface area contributed by atoms with E-state index in [0.29, 0.717) is 0 Å². The lowest BCUT2D eigenvalue weighted by Gasteiger charge is -2.20. The molecule has 0 radical (unpaired) electrons. The molecule has 2 heteroatoms. The van der Waals surface area contributed by atoms with Gasteiger partial charge in [0.1, 0.15) is 0 Å². The van der Waals surface area contributed by atoms with Crippen LogP contribution < -0.4 is 0 Å². The molecule has 5 rings (SSSR count). The van der Waals surface area contributed by atoms with Crippen molar-refractivity contribution in [3.8, 4) is 0 Å². The third kappa shape index (κ3) is 1.95. The maximum Gasteiger partial charge on any atom is 0.0496 e. The van der Waals surface area contributed by atoms with Crippen molar-refractivity contribution in [2.45, 2.75) is 26.2 Å². The van der Waals surface area contributed by atoms with E-state index in [2.05, 4.69) is 87.0 Å². The third-order valence-corrected chi connectivity index (χ3v) is 6.47. The highest BCUT2D eigenvalue weighted by atomic mass is 32.1. The fourth-order valence-electron chi connectivity index (χ4n) is 4.18. The monoisotopic (exact) mass is 343 g/mol. The van der Waals surface area contributed by atoms with Gasteiger partial charge in [-0.3, -0.25) is 0 Å². The standard InChI is InChI=1S/C23H21NS/c1-23(2,3)15-9-7-11-18-21(15)22-19(25-18)13-12-17-20(22)14-8-5-6-10-16(14)24(17)4/h5-13H,1-4H3. The molecule has 1 nitrogen and oxygen atoms in total. The lowest BCUT2D eigenvalue weighted by atomic mass is 9.84. The highest BCUT2D eigenvalue weighted by Crippen LogP contribution is 2.45. The van der Waals surface area contributed by atoms with Crippen molar-refractivity contribution in [2.24, 2.45) is 7.05 Å². The first kappa shape index (κ1) is 15.0. The maximum absolute atomic E-state index is 2.33. The molecular formula is C23H21NS. The van der Waals surface area contributed by atoms with Crippen LogP contribution in [-0.4, -0.2) is 4.57 Å². The van der Waals surface area contributed by atoms with Crippen LogP contribution in [0.3, 0.4) is 0 Å². The molecule has 0 saturated heterocycles. The number of aromatic nitrogens is 1. The van der Waals surface area contributed by atoms with E-state index in [1.165, 1.54) is 47.5 Å². The molecule has 5 aromatic rings. The van der Waals surface area contributed by atoms with Crippen molar-refractivity contribution in [2.75, 3.05) is 0 Å². The smallest absolute Gasteiger partial charge is 0.0496 e. The fraction of sp³-hybridized carbons (Fsp3) is 0.217. The van der Waals surface area contributed by atoms with Crippen molar-refractivity contribution in [1.29, 1.82) is 0 Å². The maximum atomic E-state index is 2.33. The van der Waals surface area contributed by atoms with Gasteiger partial charge in [0.25, 0.3) is 0 Å². The molecular weight excluding hydrogens is 322 g/mol. The van der Waals surface area contributed by atoms with Crippen molar-refractivity contribution >= 4 is 53.3 Å². The van der Waals surface area contributed by atoms with Gasteiger partial charge in [0, 0.05) is 49.0 Å². The molecule has 0 fully saturated rings. The fourth-order valence-corrected chi connectivity index (χ4v) is 5.32. The second kappa shape index (κ2) is 4.86. The Balaban J connectivity index is 2.14. The lowest BCUT2D eigenvalue weighted by molar-refractivity contribution is 0.596. The molecule has 3 aromatic carbocycles. The molecule has 0 N–H and O–H groups in total. The van der Waals surface area contributed by atoms with Crippen LogP contribution in [0, 0.1) is 0 Å². The van der Waals surface area contributed by atoms with Crippen LogP contribution in [0.5, 0.6) is 0 Å². The Hall–Kier alpha value is -2.32. The summed E-state index contributed by atoms with van der Waals surface area (Å²) in [6.45, 7) is 6.94. The summed E-state index contributed by atoms with van der Waals surface area (Å²) in [5, 5.41) is 5.63. The normalized spacial score (nSPS) is 12.8. The van der Waals surface area contributed by atoms with E-state index in [4.69, 9.17) is 0 Å². The molecule has 0 bridgehead atoms. The van der Waals surface area contributed by atoms with Crippen LogP contribution >= 0.6 is 11.3 Å².